The van der Waals surface area contributed by atoms with Gasteiger partial charge in [0.2, 0.25) is 0 Å². The summed E-state index contributed by atoms with van der Waals surface area (Å²) in [5.74, 6) is -3.94. The van der Waals surface area contributed by atoms with Crippen LogP contribution in [0.1, 0.15) is 21.4 Å². The average Bonchev–Trinajstić information content (AvgIpc) is 2.66. The standard InChI is InChI=1S/C12H9BrF3NS/c1-5-7(13)4-9(18-5)12(17)6-2-3-8(14)11(16)10(6)15/h2-4,12H,17H2,1H3. The Labute approximate surface area is 115 Å². The van der Waals surface area contributed by atoms with E-state index >= 15 is 0 Å². The van der Waals surface area contributed by atoms with Crippen LogP contribution in [0.15, 0.2) is 22.7 Å². The molecular formula is C12H9BrF3NS. The highest BCUT2D eigenvalue weighted by atomic mass is 79.9. The van der Waals surface area contributed by atoms with Gasteiger partial charge in [0.05, 0.1) is 6.04 Å². The smallest absolute Gasteiger partial charge is 0.194 e. The van der Waals surface area contributed by atoms with Crippen molar-refractivity contribution in [1.29, 1.82) is 0 Å². The van der Waals surface area contributed by atoms with Gasteiger partial charge in [0, 0.05) is 19.8 Å². The third kappa shape index (κ3) is 2.32. The molecule has 96 valence electrons. The average molecular weight is 336 g/mol. The Morgan fingerprint density at radius 2 is 1.89 bits per heavy atom. The van der Waals surface area contributed by atoms with Crippen molar-refractivity contribution in [2.45, 2.75) is 13.0 Å². The first-order chi connectivity index (χ1) is 8.41. The Kier molecular flexibility index (Phi) is 3.79. The SMILES string of the molecule is Cc1sc(C(N)c2ccc(F)c(F)c2F)cc1Br. The van der Waals surface area contributed by atoms with E-state index in [4.69, 9.17) is 5.73 Å². The van der Waals surface area contributed by atoms with Gasteiger partial charge >= 0.3 is 0 Å². The van der Waals surface area contributed by atoms with Gasteiger partial charge < -0.3 is 5.73 Å². The Morgan fingerprint density at radius 3 is 2.44 bits per heavy atom. The van der Waals surface area contributed by atoms with E-state index in [0.717, 1.165) is 15.4 Å². The van der Waals surface area contributed by atoms with Crippen molar-refractivity contribution in [3.63, 3.8) is 0 Å². The van der Waals surface area contributed by atoms with Crippen LogP contribution in [-0.4, -0.2) is 0 Å². The highest BCUT2D eigenvalue weighted by Crippen LogP contribution is 2.33. The maximum Gasteiger partial charge on any atom is 0.194 e. The summed E-state index contributed by atoms with van der Waals surface area (Å²) in [5.41, 5.74) is 5.83. The van der Waals surface area contributed by atoms with E-state index in [0.29, 0.717) is 4.88 Å². The van der Waals surface area contributed by atoms with Gasteiger partial charge in [-0.1, -0.05) is 6.07 Å². The Morgan fingerprint density at radius 1 is 1.22 bits per heavy atom. The second kappa shape index (κ2) is 5.03. The van der Waals surface area contributed by atoms with E-state index < -0.39 is 23.5 Å². The molecule has 2 rings (SSSR count). The first-order valence-corrected chi connectivity index (χ1v) is 6.67. The lowest BCUT2D eigenvalue weighted by Crippen LogP contribution is -2.13. The van der Waals surface area contributed by atoms with Gasteiger partial charge in [0.1, 0.15) is 0 Å². The van der Waals surface area contributed by atoms with Crippen LogP contribution in [0.4, 0.5) is 13.2 Å². The molecule has 1 aromatic heterocycles. The van der Waals surface area contributed by atoms with Crippen LogP contribution >= 0.6 is 27.3 Å². The molecule has 0 saturated carbocycles. The van der Waals surface area contributed by atoms with E-state index in [2.05, 4.69) is 15.9 Å². The highest BCUT2D eigenvalue weighted by Gasteiger charge is 2.21. The molecule has 1 aromatic carbocycles. The molecular weight excluding hydrogens is 327 g/mol. The number of rotatable bonds is 2. The molecule has 1 heterocycles. The third-order valence-electron chi connectivity index (χ3n) is 2.58. The van der Waals surface area contributed by atoms with Gasteiger partial charge in [-0.05, 0) is 35.0 Å². The van der Waals surface area contributed by atoms with Crippen LogP contribution in [0, 0.1) is 24.4 Å². The summed E-state index contributed by atoms with van der Waals surface area (Å²) in [6.45, 7) is 1.88. The zero-order chi connectivity index (χ0) is 13.4. The number of thiophene rings is 1. The molecule has 0 radical (unpaired) electrons. The largest absolute Gasteiger partial charge is 0.320 e. The Balaban J connectivity index is 2.46. The summed E-state index contributed by atoms with van der Waals surface area (Å²) in [6.07, 6.45) is 0. The molecule has 2 N–H and O–H groups in total. The maximum atomic E-state index is 13.6. The summed E-state index contributed by atoms with van der Waals surface area (Å²) < 4.78 is 40.4. The van der Waals surface area contributed by atoms with Crippen LogP contribution < -0.4 is 5.73 Å². The molecule has 0 aliphatic heterocycles. The van der Waals surface area contributed by atoms with Gasteiger partial charge in [0.25, 0.3) is 0 Å². The molecule has 0 aliphatic rings. The van der Waals surface area contributed by atoms with Gasteiger partial charge in [-0.3, -0.25) is 0 Å². The zero-order valence-electron chi connectivity index (χ0n) is 9.31. The summed E-state index contributed by atoms with van der Waals surface area (Å²) in [6, 6.07) is 2.99. The van der Waals surface area contributed by atoms with E-state index in [-0.39, 0.29) is 5.56 Å². The molecule has 1 atom stereocenters. The van der Waals surface area contributed by atoms with E-state index in [9.17, 15) is 13.2 Å². The summed E-state index contributed by atoms with van der Waals surface area (Å²) in [5, 5.41) is 0. The van der Waals surface area contributed by atoms with E-state index in [1.165, 1.54) is 17.4 Å². The van der Waals surface area contributed by atoms with Crippen molar-refractivity contribution in [3.8, 4) is 0 Å². The number of halogens is 4. The van der Waals surface area contributed by atoms with Crippen molar-refractivity contribution in [3.05, 3.63) is 55.4 Å². The van der Waals surface area contributed by atoms with Crippen molar-refractivity contribution >= 4 is 27.3 Å². The van der Waals surface area contributed by atoms with Gasteiger partial charge in [-0.15, -0.1) is 11.3 Å². The van der Waals surface area contributed by atoms with Crippen LogP contribution in [0.2, 0.25) is 0 Å². The van der Waals surface area contributed by atoms with E-state index in [1.807, 2.05) is 6.92 Å². The molecule has 0 fully saturated rings. The molecule has 2 aromatic rings. The van der Waals surface area contributed by atoms with Gasteiger partial charge in [0.15, 0.2) is 17.5 Å². The molecule has 0 spiro atoms. The van der Waals surface area contributed by atoms with Crippen molar-refractivity contribution in [1.82, 2.24) is 0 Å². The predicted octanol–water partition coefficient (Wildman–Crippen LogP) is 4.28. The summed E-state index contributed by atoms with van der Waals surface area (Å²) in [7, 11) is 0. The van der Waals surface area contributed by atoms with Gasteiger partial charge in [-0.2, -0.15) is 0 Å². The number of hydrogen-bond acceptors (Lipinski definition) is 2. The number of hydrogen-bond donors (Lipinski definition) is 1. The maximum absolute atomic E-state index is 13.6. The molecule has 0 amide bonds. The predicted molar refractivity (Wildman–Crippen MR) is 69.1 cm³/mol. The molecule has 0 bridgehead atoms. The minimum absolute atomic E-state index is 0.0531. The topological polar surface area (TPSA) is 26.0 Å². The van der Waals surface area contributed by atoms with Crippen LogP contribution in [0.5, 0.6) is 0 Å². The van der Waals surface area contributed by atoms with Crippen molar-refractivity contribution in [2.75, 3.05) is 0 Å². The summed E-state index contributed by atoms with van der Waals surface area (Å²) >= 11 is 4.71. The normalized spacial score (nSPS) is 12.8. The Bertz CT molecular complexity index is 578. The molecule has 6 heteroatoms. The van der Waals surface area contributed by atoms with Crippen LogP contribution in [-0.2, 0) is 0 Å². The van der Waals surface area contributed by atoms with Crippen LogP contribution in [0.25, 0.3) is 0 Å². The third-order valence-corrected chi connectivity index (χ3v) is 4.80. The fourth-order valence-corrected chi connectivity index (χ4v) is 3.15. The monoisotopic (exact) mass is 335 g/mol. The second-order valence-electron chi connectivity index (χ2n) is 3.80. The lowest BCUT2D eigenvalue weighted by atomic mass is 10.1. The lowest BCUT2D eigenvalue weighted by molar-refractivity contribution is 0.439. The lowest BCUT2D eigenvalue weighted by Gasteiger charge is -2.11. The van der Waals surface area contributed by atoms with Crippen molar-refractivity contribution in [2.24, 2.45) is 5.73 Å². The number of nitrogens with two attached hydrogens (primary N) is 1. The first-order valence-electron chi connectivity index (χ1n) is 5.06. The molecule has 0 saturated heterocycles. The summed E-state index contributed by atoms with van der Waals surface area (Å²) in [4.78, 5) is 1.67. The molecule has 0 aliphatic carbocycles. The minimum atomic E-state index is -1.49. The molecule has 1 nitrogen and oxygen atoms in total. The fourth-order valence-electron chi connectivity index (χ4n) is 1.57. The highest BCUT2D eigenvalue weighted by molar-refractivity contribution is 9.10. The van der Waals surface area contributed by atoms with Gasteiger partial charge in [-0.25, -0.2) is 13.2 Å². The number of benzene rings is 1. The number of aryl methyl sites for hydroxylation is 1. The fraction of sp³-hybridized carbons (Fsp3) is 0.167. The molecule has 1 unspecified atom stereocenters. The van der Waals surface area contributed by atoms with Crippen molar-refractivity contribution < 1.29 is 13.2 Å². The zero-order valence-corrected chi connectivity index (χ0v) is 11.7. The second-order valence-corrected chi connectivity index (χ2v) is 5.94. The van der Waals surface area contributed by atoms with E-state index in [1.54, 1.807) is 6.07 Å². The molecule has 18 heavy (non-hydrogen) atoms. The first kappa shape index (κ1) is 13.6. The quantitative estimate of drug-likeness (QED) is 0.814. The Hall–Kier alpha value is -0.850. The minimum Gasteiger partial charge on any atom is -0.320 e. The van der Waals surface area contributed by atoms with Crippen LogP contribution in [0.3, 0.4) is 0 Å².